The molecule has 0 aliphatic rings. The van der Waals surface area contributed by atoms with E-state index < -0.39 is 0 Å². The minimum absolute atomic E-state index is 0.673. The number of fused-ring (bicyclic) bond motifs is 1. The molecule has 7 heteroatoms. The molecule has 0 radical (unpaired) electrons. The lowest BCUT2D eigenvalue weighted by atomic mass is 10.3. The molecule has 0 spiro atoms. The monoisotopic (exact) mass is 405 g/mol. The smallest absolute Gasteiger partial charge is 0.161 e. The van der Waals surface area contributed by atoms with Crippen LogP contribution in [0.15, 0.2) is 97.2 Å². The third kappa shape index (κ3) is 4.56. The molecule has 150 valence electrons. The van der Waals surface area contributed by atoms with Crippen LogP contribution in [0.1, 0.15) is 0 Å². The first-order valence-electron chi connectivity index (χ1n) is 9.84. The van der Waals surface area contributed by atoms with Gasteiger partial charge in [0.2, 0.25) is 0 Å². The maximum absolute atomic E-state index is 4.61. The van der Waals surface area contributed by atoms with E-state index in [1.165, 1.54) is 0 Å². The highest BCUT2D eigenvalue weighted by Gasteiger charge is 2.04. The predicted molar refractivity (Wildman–Crippen MR) is 124 cm³/mol. The number of pyridine rings is 4. The van der Waals surface area contributed by atoms with Crippen LogP contribution in [0.2, 0.25) is 0 Å². The number of hydrogen-bond donors (Lipinski definition) is 3. The third-order valence-electron chi connectivity index (χ3n) is 4.52. The number of hydrogen-bond acceptors (Lipinski definition) is 7. The molecule has 31 heavy (non-hydrogen) atoms. The van der Waals surface area contributed by atoms with E-state index in [0.717, 1.165) is 16.9 Å². The summed E-state index contributed by atoms with van der Waals surface area (Å²) >= 11 is 0. The Morgan fingerprint density at radius 2 is 1.06 bits per heavy atom. The van der Waals surface area contributed by atoms with Gasteiger partial charge in [-0.2, -0.15) is 0 Å². The molecular weight excluding hydrogens is 386 g/mol. The van der Waals surface area contributed by atoms with Crippen LogP contribution in [0.5, 0.6) is 0 Å². The molecule has 0 atom stereocenters. The second kappa shape index (κ2) is 8.46. The summed E-state index contributed by atoms with van der Waals surface area (Å²) in [4.78, 5) is 18.1. The van der Waals surface area contributed by atoms with E-state index in [-0.39, 0.29) is 0 Å². The van der Waals surface area contributed by atoms with Gasteiger partial charge in [0.05, 0.1) is 0 Å². The highest BCUT2D eigenvalue weighted by atomic mass is 15.1. The van der Waals surface area contributed by atoms with Crippen molar-refractivity contribution in [3.63, 3.8) is 0 Å². The Morgan fingerprint density at radius 3 is 1.74 bits per heavy atom. The molecule has 0 saturated heterocycles. The molecule has 5 aromatic rings. The van der Waals surface area contributed by atoms with Gasteiger partial charge in [-0.25, -0.2) is 19.9 Å². The molecule has 0 amide bonds. The Hall–Kier alpha value is -4.52. The minimum Gasteiger partial charge on any atom is -0.340 e. The Kier molecular flexibility index (Phi) is 5.05. The van der Waals surface area contributed by atoms with Crippen LogP contribution in [0.25, 0.3) is 11.0 Å². The summed E-state index contributed by atoms with van der Waals surface area (Å²) in [6.45, 7) is 0. The van der Waals surface area contributed by atoms with Crippen molar-refractivity contribution in [3.05, 3.63) is 97.2 Å². The fourth-order valence-electron chi connectivity index (χ4n) is 3.10. The quantitative estimate of drug-likeness (QED) is 0.336. The van der Waals surface area contributed by atoms with Gasteiger partial charge in [-0.1, -0.05) is 30.3 Å². The first kappa shape index (κ1) is 18.5. The van der Waals surface area contributed by atoms with Crippen molar-refractivity contribution in [2.24, 2.45) is 0 Å². The van der Waals surface area contributed by atoms with Crippen LogP contribution in [0.3, 0.4) is 0 Å². The lowest BCUT2D eigenvalue weighted by Gasteiger charge is -2.10. The van der Waals surface area contributed by atoms with E-state index in [1.807, 2.05) is 91.0 Å². The molecule has 5 rings (SSSR count). The molecule has 4 aromatic heterocycles. The van der Waals surface area contributed by atoms with Crippen LogP contribution in [-0.4, -0.2) is 19.9 Å². The number of nitrogens with zero attached hydrogens (tertiary/aromatic N) is 4. The van der Waals surface area contributed by atoms with Crippen LogP contribution < -0.4 is 16.0 Å². The SMILES string of the molecule is c1ccc(Nc2cccc(Nc3cccc(Nc4ccc5cccnc5n4)n3)n2)cc1. The van der Waals surface area contributed by atoms with Crippen LogP contribution in [0, 0.1) is 0 Å². The molecule has 3 N–H and O–H groups in total. The van der Waals surface area contributed by atoms with Gasteiger partial charge in [0, 0.05) is 17.3 Å². The van der Waals surface area contributed by atoms with Gasteiger partial charge in [-0.3, -0.25) is 0 Å². The summed E-state index contributed by atoms with van der Waals surface area (Å²) in [7, 11) is 0. The number of para-hydroxylation sites is 1. The van der Waals surface area contributed by atoms with Crippen LogP contribution in [0.4, 0.5) is 34.8 Å². The zero-order valence-electron chi connectivity index (χ0n) is 16.5. The molecule has 0 unspecified atom stereocenters. The maximum atomic E-state index is 4.61. The van der Waals surface area contributed by atoms with E-state index in [4.69, 9.17) is 0 Å². The Balaban J connectivity index is 1.31. The number of nitrogens with one attached hydrogen (secondary N) is 3. The van der Waals surface area contributed by atoms with Gasteiger partial charge in [-0.15, -0.1) is 0 Å². The molecule has 0 aliphatic carbocycles. The Labute approximate surface area is 179 Å². The lowest BCUT2D eigenvalue weighted by molar-refractivity contribution is 1.23. The van der Waals surface area contributed by atoms with Gasteiger partial charge in [0.25, 0.3) is 0 Å². The first-order chi connectivity index (χ1) is 15.3. The van der Waals surface area contributed by atoms with Crippen molar-refractivity contribution in [2.45, 2.75) is 0 Å². The van der Waals surface area contributed by atoms with Crippen molar-refractivity contribution in [1.29, 1.82) is 0 Å². The molecule has 7 nitrogen and oxygen atoms in total. The molecule has 0 fully saturated rings. The number of benzene rings is 1. The largest absolute Gasteiger partial charge is 0.340 e. The van der Waals surface area contributed by atoms with Gasteiger partial charge in [0.15, 0.2) is 5.65 Å². The Bertz CT molecular complexity index is 1320. The zero-order chi connectivity index (χ0) is 20.9. The van der Waals surface area contributed by atoms with E-state index in [9.17, 15) is 0 Å². The highest BCUT2D eigenvalue weighted by Crippen LogP contribution is 2.21. The second-order valence-electron chi connectivity index (χ2n) is 6.80. The van der Waals surface area contributed by atoms with Crippen LogP contribution in [-0.2, 0) is 0 Å². The second-order valence-corrected chi connectivity index (χ2v) is 6.80. The summed E-state index contributed by atoms with van der Waals surface area (Å²) in [5, 5.41) is 10.8. The minimum atomic E-state index is 0.673. The molecule has 0 saturated carbocycles. The number of rotatable bonds is 6. The highest BCUT2D eigenvalue weighted by molar-refractivity contribution is 5.77. The van der Waals surface area contributed by atoms with E-state index >= 15 is 0 Å². The summed E-state index contributed by atoms with van der Waals surface area (Å²) in [5.74, 6) is 3.47. The average molecular weight is 405 g/mol. The average Bonchev–Trinajstić information content (AvgIpc) is 2.80. The molecule has 1 aromatic carbocycles. The molecule has 4 heterocycles. The molecular formula is C24H19N7. The zero-order valence-corrected chi connectivity index (χ0v) is 16.5. The topological polar surface area (TPSA) is 87.6 Å². The molecule has 0 aliphatic heterocycles. The van der Waals surface area contributed by atoms with Crippen molar-refractivity contribution in [3.8, 4) is 0 Å². The fourth-order valence-corrected chi connectivity index (χ4v) is 3.10. The van der Waals surface area contributed by atoms with Gasteiger partial charge < -0.3 is 16.0 Å². The van der Waals surface area contributed by atoms with Gasteiger partial charge in [-0.05, 0) is 60.7 Å². The van der Waals surface area contributed by atoms with Crippen molar-refractivity contribution in [2.75, 3.05) is 16.0 Å². The van der Waals surface area contributed by atoms with E-state index in [2.05, 4.69) is 35.9 Å². The standard InChI is InChI=1S/C24H19N7/c1-2-8-18(9-3-1)26-19-10-4-11-20(27-19)28-21-12-5-13-22(29-21)30-23-15-14-17-7-6-16-25-24(17)31-23/h1-16H,(H3,25,26,27,28,29,30,31). The number of aromatic nitrogens is 4. The first-order valence-corrected chi connectivity index (χ1v) is 9.84. The van der Waals surface area contributed by atoms with Crippen molar-refractivity contribution >= 4 is 45.8 Å². The summed E-state index contributed by atoms with van der Waals surface area (Å²) in [5.41, 5.74) is 1.67. The van der Waals surface area contributed by atoms with E-state index in [1.54, 1.807) is 6.20 Å². The normalized spacial score (nSPS) is 10.6. The summed E-state index contributed by atoms with van der Waals surface area (Å²) in [6.07, 6.45) is 1.73. The Morgan fingerprint density at radius 1 is 0.452 bits per heavy atom. The van der Waals surface area contributed by atoms with Crippen LogP contribution >= 0.6 is 0 Å². The number of anilines is 6. The van der Waals surface area contributed by atoms with E-state index in [0.29, 0.717) is 28.9 Å². The lowest BCUT2D eigenvalue weighted by Crippen LogP contribution is -2.01. The fraction of sp³-hybridized carbons (Fsp3) is 0. The summed E-state index contributed by atoms with van der Waals surface area (Å²) < 4.78 is 0. The third-order valence-corrected chi connectivity index (χ3v) is 4.52. The maximum Gasteiger partial charge on any atom is 0.161 e. The summed E-state index contributed by atoms with van der Waals surface area (Å²) in [6, 6.07) is 29.1. The van der Waals surface area contributed by atoms with Crippen molar-refractivity contribution in [1.82, 2.24) is 19.9 Å². The van der Waals surface area contributed by atoms with Gasteiger partial charge in [0.1, 0.15) is 29.1 Å². The predicted octanol–water partition coefficient (Wildman–Crippen LogP) is 5.65. The van der Waals surface area contributed by atoms with Gasteiger partial charge >= 0.3 is 0 Å². The molecule has 0 bridgehead atoms. The van der Waals surface area contributed by atoms with Crippen molar-refractivity contribution < 1.29 is 0 Å².